The zero-order valence-corrected chi connectivity index (χ0v) is 21.4. The molecule has 4 saturated carbocycles. The van der Waals surface area contributed by atoms with E-state index in [0.717, 1.165) is 57.8 Å². The van der Waals surface area contributed by atoms with Gasteiger partial charge in [-0.15, -0.1) is 0 Å². The summed E-state index contributed by atoms with van der Waals surface area (Å²) < 4.78 is 12.6. The van der Waals surface area contributed by atoms with Gasteiger partial charge in [0.25, 0.3) is 0 Å². The van der Waals surface area contributed by atoms with Gasteiger partial charge in [-0.2, -0.15) is 0 Å². The predicted molar refractivity (Wildman–Crippen MR) is 128 cm³/mol. The second kappa shape index (κ2) is 10.5. The van der Waals surface area contributed by atoms with Crippen LogP contribution in [-0.2, 0) is 19.1 Å². The van der Waals surface area contributed by atoms with Crippen LogP contribution < -0.4 is 0 Å². The van der Waals surface area contributed by atoms with Gasteiger partial charge in [-0.1, -0.05) is 79.1 Å². The first-order valence-corrected chi connectivity index (χ1v) is 13.6. The summed E-state index contributed by atoms with van der Waals surface area (Å²) in [7, 11) is 0. The molecule has 4 fully saturated rings. The van der Waals surface area contributed by atoms with E-state index < -0.39 is 11.2 Å². The molecule has 184 valence electrons. The maximum absolute atomic E-state index is 12.8. The molecule has 0 radical (unpaired) electrons. The van der Waals surface area contributed by atoms with E-state index in [1.165, 1.54) is 38.5 Å². The molecular weight excluding hydrogens is 400 g/mol. The van der Waals surface area contributed by atoms with Crippen molar-refractivity contribution in [3.63, 3.8) is 0 Å². The van der Waals surface area contributed by atoms with E-state index in [-0.39, 0.29) is 22.8 Å². The topological polar surface area (TPSA) is 52.6 Å². The summed E-state index contributed by atoms with van der Waals surface area (Å²) in [5.74, 6) is -0.0962. The molecule has 4 rings (SSSR count). The smallest absolute Gasteiger partial charge is 0.306 e. The SMILES string of the molecule is CCCCCCCC(=O)OC12CC3(C)CC(C)(C1)CC(OC(=O)CCCCCCC)(C3)C2. The number of esters is 2. The Hall–Kier alpha value is -1.06. The summed E-state index contributed by atoms with van der Waals surface area (Å²) in [5.41, 5.74) is -0.709. The van der Waals surface area contributed by atoms with Gasteiger partial charge in [0.05, 0.1) is 0 Å². The number of carbonyl (C=O) groups excluding carboxylic acids is 2. The zero-order chi connectivity index (χ0) is 23.3. The number of ether oxygens (including phenoxy) is 2. The van der Waals surface area contributed by atoms with Crippen LogP contribution >= 0.6 is 0 Å². The predicted octanol–water partition coefficient (Wildman–Crippen LogP) is 7.67. The van der Waals surface area contributed by atoms with Gasteiger partial charge >= 0.3 is 11.9 Å². The fourth-order valence-electron chi connectivity index (χ4n) is 8.03. The number of unbranched alkanes of at least 4 members (excludes halogenated alkanes) is 8. The lowest BCUT2D eigenvalue weighted by Crippen LogP contribution is -2.67. The van der Waals surface area contributed by atoms with Crippen LogP contribution in [0.25, 0.3) is 0 Å². The van der Waals surface area contributed by atoms with Crippen LogP contribution in [0.2, 0.25) is 0 Å². The molecule has 0 amide bonds. The van der Waals surface area contributed by atoms with Gasteiger partial charge in [-0.05, 0) is 55.8 Å². The van der Waals surface area contributed by atoms with Gasteiger partial charge in [0, 0.05) is 19.3 Å². The van der Waals surface area contributed by atoms with E-state index in [1.807, 2.05) is 0 Å². The monoisotopic (exact) mass is 448 g/mol. The molecular formula is C28H48O4. The van der Waals surface area contributed by atoms with Crippen molar-refractivity contribution in [1.82, 2.24) is 0 Å². The Balaban J connectivity index is 1.60. The lowest BCUT2D eigenvalue weighted by atomic mass is 9.42. The van der Waals surface area contributed by atoms with Gasteiger partial charge < -0.3 is 9.47 Å². The largest absolute Gasteiger partial charge is 0.459 e. The van der Waals surface area contributed by atoms with E-state index in [4.69, 9.17) is 9.47 Å². The Bertz CT molecular complexity index is 586. The summed E-state index contributed by atoms with van der Waals surface area (Å²) >= 11 is 0. The minimum atomic E-state index is -0.444. The molecule has 0 saturated heterocycles. The van der Waals surface area contributed by atoms with Crippen LogP contribution in [0.5, 0.6) is 0 Å². The maximum atomic E-state index is 12.8. The van der Waals surface area contributed by atoms with E-state index in [9.17, 15) is 9.59 Å². The molecule has 4 aliphatic carbocycles. The average Bonchev–Trinajstić information content (AvgIpc) is 2.64. The Kier molecular flexibility index (Phi) is 8.36. The fourth-order valence-corrected chi connectivity index (χ4v) is 8.03. The quantitative estimate of drug-likeness (QED) is 0.202. The van der Waals surface area contributed by atoms with Crippen molar-refractivity contribution in [2.45, 2.75) is 154 Å². The molecule has 4 aliphatic rings. The van der Waals surface area contributed by atoms with Crippen molar-refractivity contribution < 1.29 is 19.1 Å². The van der Waals surface area contributed by atoms with E-state index >= 15 is 0 Å². The molecule has 0 atom stereocenters. The van der Waals surface area contributed by atoms with Crippen LogP contribution in [-0.4, -0.2) is 23.1 Å². The second-order valence-electron chi connectivity index (χ2n) is 12.3. The van der Waals surface area contributed by atoms with Gasteiger partial charge in [0.2, 0.25) is 0 Å². The van der Waals surface area contributed by atoms with Crippen molar-refractivity contribution in [3.05, 3.63) is 0 Å². The molecule has 4 nitrogen and oxygen atoms in total. The molecule has 0 spiro atoms. The normalized spacial score (nSPS) is 35.1. The highest BCUT2D eigenvalue weighted by atomic mass is 16.6. The van der Waals surface area contributed by atoms with Gasteiger partial charge in [0.1, 0.15) is 11.2 Å². The summed E-state index contributed by atoms with van der Waals surface area (Å²) in [6, 6.07) is 0. The van der Waals surface area contributed by atoms with Crippen LogP contribution in [0.4, 0.5) is 0 Å². The number of hydrogen-bond donors (Lipinski definition) is 0. The number of hydrogen-bond acceptors (Lipinski definition) is 4. The molecule has 0 aliphatic heterocycles. The Labute approximate surface area is 196 Å². The lowest BCUT2D eigenvalue weighted by molar-refractivity contribution is -0.267. The molecule has 0 aromatic heterocycles. The number of rotatable bonds is 14. The van der Waals surface area contributed by atoms with Crippen molar-refractivity contribution in [3.8, 4) is 0 Å². The Morgan fingerprint density at radius 3 is 1.31 bits per heavy atom. The standard InChI is InChI=1S/C28H48O4/c1-5-7-9-11-13-15-23(29)31-27-18-25(3)17-26(4,19-27)21-28(20-25,22-27)32-24(30)16-14-12-10-8-6-2/h5-22H2,1-4H3. The fraction of sp³-hybridized carbons (Fsp3) is 0.929. The summed E-state index contributed by atoms with van der Waals surface area (Å²) in [6.07, 6.45) is 17.9. The minimum Gasteiger partial charge on any atom is -0.459 e. The first-order valence-electron chi connectivity index (χ1n) is 13.6. The lowest BCUT2D eigenvalue weighted by Gasteiger charge is -2.67. The van der Waals surface area contributed by atoms with Crippen LogP contribution in [0.15, 0.2) is 0 Å². The molecule has 0 aromatic rings. The molecule has 32 heavy (non-hydrogen) atoms. The second-order valence-corrected chi connectivity index (χ2v) is 12.3. The van der Waals surface area contributed by atoms with Crippen molar-refractivity contribution in [2.75, 3.05) is 0 Å². The highest BCUT2D eigenvalue weighted by Crippen LogP contribution is 2.69. The molecule has 0 N–H and O–H groups in total. The summed E-state index contributed by atoms with van der Waals surface area (Å²) in [5, 5.41) is 0. The molecule has 4 bridgehead atoms. The van der Waals surface area contributed by atoms with Gasteiger partial charge in [0.15, 0.2) is 0 Å². The minimum absolute atomic E-state index is 0.0481. The highest BCUT2D eigenvalue weighted by molar-refractivity contribution is 5.71. The molecule has 4 heteroatoms. The third-order valence-electron chi connectivity index (χ3n) is 8.12. The summed E-state index contributed by atoms with van der Waals surface area (Å²) in [4.78, 5) is 25.6. The Morgan fingerprint density at radius 2 is 0.938 bits per heavy atom. The maximum Gasteiger partial charge on any atom is 0.306 e. The zero-order valence-electron chi connectivity index (χ0n) is 21.4. The first kappa shape index (κ1) is 25.6. The van der Waals surface area contributed by atoms with E-state index in [1.54, 1.807) is 0 Å². The molecule has 0 unspecified atom stereocenters. The highest BCUT2D eigenvalue weighted by Gasteiger charge is 2.68. The third kappa shape index (κ3) is 6.50. The molecule has 0 heterocycles. The third-order valence-corrected chi connectivity index (χ3v) is 8.12. The van der Waals surface area contributed by atoms with Gasteiger partial charge in [-0.3, -0.25) is 9.59 Å². The van der Waals surface area contributed by atoms with E-state index in [2.05, 4.69) is 27.7 Å². The van der Waals surface area contributed by atoms with Crippen molar-refractivity contribution >= 4 is 11.9 Å². The summed E-state index contributed by atoms with van der Waals surface area (Å²) in [6.45, 7) is 9.06. The van der Waals surface area contributed by atoms with E-state index in [0.29, 0.717) is 19.3 Å². The molecule has 0 aromatic carbocycles. The van der Waals surface area contributed by atoms with Crippen LogP contribution in [0.1, 0.15) is 143 Å². The van der Waals surface area contributed by atoms with Crippen molar-refractivity contribution in [2.24, 2.45) is 10.8 Å². The van der Waals surface area contributed by atoms with Gasteiger partial charge in [-0.25, -0.2) is 0 Å². The first-order chi connectivity index (χ1) is 15.2. The van der Waals surface area contributed by atoms with Crippen molar-refractivity contribution in [1.29, 1.82) is 0 Å². The number of carbonyl (C=O) groups is 2. The van der Waals surface area contributed by atoms with Crippen LogP contribution in [0, 0.1) is 10.8 Å². The Morgan fingerprint density at radius 1 is 0.562 bits per heavy atom. The van der Waals surface area contributed by atoms with Crippen LogP contribution in [0.3, 0.4) is 0 Å². The average molecular weight is 449 g/mol.